The van der Waals surface area contributed by atoms with Gasteiger partial charge in [0.2, 0.25) is 0 Å². The van der Waals surface area contributed by atoms with Crippen molar-refractivity contribution in [3.8, 4) is 5.75 Å². The van der Waals surface area contributed by atoms with Crippen molar-refractivity contribution in [3.63, 3.8) is 0 Å². The Labute approximate surface area is 156 Å². The lowest BCUT2D eigenvalue weighted by Crippen LogP contribution is -2.40. The average Bonchev–Trinajstić information content (AvgIpc) is 3.03. The zero-order chi connectivity index (χ0) is 17.8. The van der Waals surface area contributed by atoms with E-state index in [0.29, 0.717) is 23.3 Å². The van der Waals surface area contributed by atoms with E-state index in [1.54, 1.807) is 11.8 Å². The van der Waals surface area contributed by atoms with Crippen molar-refractivity contribution in [3.05, 3.63) is 29.8 Å². The fourth-order valence-corrected chi connectivity index (χ4v) is 6.15. The van der Waals surface area contributed by atoms with Gasteiger partial charge in [-0.05, 0) is 49.0 Å². The van der Waals surface area contributed by atoms with E-state index in [1.165, 1.54) is 23.5 Å². The first-order valence-corrected chi connectivity index (χ1v) is 10.6. The number of aliphatic carboxylic acids is 1. The second kappa shape index (κ2) is 8.36. The van der Waals surface area contributed by atoms with Gasteiger partial charge < -0.3 is 14.7 Å². The summed E-state index contributed by atoms with van der Waals surface area (Å²) in [6, 6.07) is 7.66. The Morgan fingerprint density at radius 2 is 1.92 bits per heavy atom. The van der Waals surface area contributed by atoms with Gasteiger partial charge in [-0.3, -0.25) is 9.59 Å². The summed E-state index contributed by atoms with van der Waals surface area (Å²) in [5.74, 6) is 1.61. The highest BCUT2D eigenvalue weighted by atomic mass is 32.2. The first-order chi connectivity index (χ1) is 12.1. The van der Waals surface area contributed by atoms with Crippen molar-refractivity contribution in [2.75, 3.05) is 24.7 Å². The third kappa shape index (κ3) is 4.44. The van der Waals surface area contributed by atoms with Crippen molar-refractivity contribution in [2.24, 2.45) is 5.92 Å². The normalized spacial score (nSPS) is 24.3. The van der Waals surface area contributed by atoms with E-state index in [0.717, 1.165) is 0 Å². The lowest BCUT2D eigenvalue weighted by molar-refractivity contribution is -0.143. The first kappa shape index (κ1) is 18.5. The molecular formula is C18H23NO4S2. The maximum absolute atomic E-state index is 12.3. The quantitative estimate of drug-likeness (QED) is 0.844. The van der Waals surface area contributed by atoms with Crippen molar-refractivity contribution >= 4 is 35.4 Å². The van der Waals surface area contributed by atoms with Crippen LogP contribution in [0.3, 0.4) is 0 Å². The summed E-state index contributed by atoms with van der Waals surface area (Å²) in [5, 5.41) is 9.15. The number of carbonyl (C=O) groups is 2. The van der Waals surface area contributed by atoms with Crippen LogP contribution in [0.5, 0.6) is 5.75 Å². The number of benzene rings is 1. The SMILES string of the molecule is CC1C(C(=O)O)CCN1C(=O)COc1ccc(C2SCCCS2)cc1. The number of rotatable bonds is 5. The van der Waals surface area contributed by atoms with E-state index in [2.05, 4.69) is 12.1 Å². The Kier molecular flexibility index (Phi) is 6.17. The molecule has 2 aliphatic heterocycles. The number of likely N-dealkylation sites (tertiary alicyclic amines) is 1. The molecule has 5 nitrogen and oxygen atoms in total. The summed E-state index contributed by atoms with van der Waals surface area (Å²) in [6.07, 6.45) is 1.78. The molecule has 3 rings (SSSR count). The van der Waals surface area contributed by atoms with Gasteiger partial charge in [-0.2, -0.15) is 0 Å². The molecule has 1 aromatic carbocycles. The number of thioether (sulfide) groups is 2. The number of hydrogen-bond donors (Lipinski definition) is 1. The lowest BCUT2D eigenvalue weighted by Gasteiger charge is -2.23. The molecule has 2 unspecified atom stereocenters. The Morgan fingerprint density at radius 3 is 2.52 bits per heavy atom. The summed E-state index contributed by atoms with van der Waals surface area (Å²) in [7, 11) is 0. The standard InChI is InChI=1S/C18H23NO4S2/c1-12-15(17(21)22)7-8-19(12)16(20)11-23-14-5-3-13(4-6-14)18-24-9-2-10-25-18/h3-6,12,15,18H,2,7-11H2,1H3,(H,21,22). The van der Waals surface area contributed by atoms with Crippen molar-refractivity contribution in [1.82, 2.24) is 4.90 Å². The first-order valence-electron chi connectivity index (χ1n) is 8.54. The van der Waals surface area contributed by atoms with Crippen LogP contribution in [-0.2, 0) is 9.59 Å². The Bertz CT molecular complexity index is 616. The Hall–Kier alpha value is -1.34. The van der Waals surface area contributed by atoms with E-state index in [9.17, 15) is 9.59 Å². The summed E-state index contributed by atoms with van der Waals surface area (Å²) in [5.41, 5.74) is 1.28. The fourth-order valence-electron chi connectivity index (χ4n) is 3.25. The zero-order valence-corrected chi connectivity index (χ0v) is 15.9. The van der Waals surface area contributed by atoms with Crippen LogP contribution in [-0.4, -0.2) is 52.6 Å². The van der Waals surface area contributed by atoms with Crippen LogP contribution in [0.4, 0.5) is 0 Å². The number of carboxylic acid groups (broad SMARTS) is 1. The predicted molar refractivity (Wildman–Crippen MR) is 101 cm³/mol. The molecule has 0 spiro atoms. The molecule has 2 atom stereocenters. The molecule has 0 aliphatic carbocycles. The molecule has 2 aliphatic rings. The maximum atomic E-state index is 12.3. The monoisotopic (exact) mass is 381 g/mol. The van der Waals surface area contributed by atoms with Gasteiger partial charge in [-0.15, -0.1) is 23.5 Å². The van der Waals surface area contributed by atoms with Gasteiger partial charge >= 0.3 is 5.97 Å². The van der Waals surface area contributed by atoms with Gasteiger partial charge in [0.15, 0.2) is 6.61 Å². The maximum Gasteiger partial charge on any atom is 0.308 e. The van der Waals surface area contributed by atoms with Gasteiger partial charge in [0.25, 0.3) is 5.91 Å². The second-order valence-electron chi connectivity index (χ2n) is 6.35. The van der Waals surface area contributed by atoms with E-state index in [4.69, 9.17) is 9.84 Å². The zero-order valence-electron chi connectivity index (χ0n) is 14.2. The largest absolute Gasteiger partial charge is 0.484 e. The molecule has 0 aromatic heterocycles. The summed E-state index contributed by atoms with van der Waals surface area (Å²) in [6.45, 7) is 2.22. The molecule has 2 fully saturated rings. The van der Waals surface area contributed by atoms with Crippen LogP contribution in [0, 0.1) is 5.92 Å². The van der Waals surface area contributed by atoms with E-state index >= 15 is 0 Å². The van der Waals surface area contributed by atoms with Gasteiger partial charge in [-0.1, -0.05) is 12.1 Å². The highest BCUT2D eigenvalue weighted by Gasteiger charge is 2.38. The molecule has 0 saturated carbocycles. The highest BCUT2D eigenvalue weighted by molar-refractivity contribution is 8.16. The predicted octanol–water partition coefficient (Wildman–Crippen LogP) is 3.26. The second-order valence-corrected chi connectivity index (χ2v) is 9.07. The molecule has 1 N–H and O–H groups in total. The molecule has 0 bridgehead atoms. The van der Waals surface area contributed by atoms with Gasteiger partial charge in [0.05, 0.1) is 10.5 Å². The minimum Gasteiger partial charge on any atom is -0.484 e. The molecule has 136 valence electrons. The van der Waals surface area contributed by atoms with Crippen LogP contribution in [0.2, 0.25) is 0 Å². The Balaban J connectivity index is 1.51. The number of hydrogen-bond acceptors (Lipinski definition) is 5. The highest BCUT2D eigenvalue weighted by Crippen LogP contribution is 2.43. The molecule has 0 radical (unpaired) electrons. The fraction of sp³-hybridized carbons (Fsp3) is 0.556. The van der Waals surface area contributed by atoms with E-state index in [-0.39, 0.29) is 18.6 Å². The van der Waals surface area contributed by atoms with Crippen LogP contribution < -0.4 is 4.74 Å². The minimum atomic E-state index is -0.835. The number of amides is 1. The number of ether oxygens (including phenoxy) is 1. The molecule has 1 amide bonds. The van der Waals surface area contributed by atoms with E-state index in [1.807, 2.05) is 35.7 Å². The van der Waals surface area contributed by atoms with Crippen molar-refractivity contribution in [1.29, 1.82) is 0 Å². The number of carbonyl (C=O) groups excluding carboxylic acids is 1. The minimum absolute atomic E-state index is 0.0526. The topological polar surface area (TPSA) is 66.8 Å². The lowest BCUT2D eigenvalue weighted by atomic mass is 10.0. The van der Waals surface area contributed by atoms with Crippen LogP contribution in [0.1, 0.15) is 29.9 Å². The third-order valence-corrected chi connectivity index (χ3v) is 7.75. The summed E-state index contributed by atoms with van der Waals surface area (Å²) >= 11 is 3.95. The summed E-state index contributed by atoms with van der Waals surface area (Å²) < 4.78 is 6.10. The van der Waals surface area contributed by atoms with Crippen LogP contribution >= 0.6 is 23.5 Å². The van der Waals surface area contributed by atoms with Crippen LogP contribution in [0.15, 0.2) is 24.3 Å². The van der Waals surface area contributed by atoms with Crippen molar-refractivity contribution in [2.45, 2.75) is 30.4 Å². The van der Waals surface area contributed by atoms with Crippen molar-refractivity contribution < 1.29 is 19.4 Å². The number of nitrogens with zero attached hydrogens (tertiary/aromatic N) is 1. The van der Waals surface area contributed by atoms with Gasteiger partial charge in [-0.25, -0.2) is 0 Å². The Morgan fingerprint density at radius 1 is 1.24 bits per heavy atom. The average molecular weight is 382 g/mol. The van der Waals surface area contributed by atoms with E-state index < -0.39 is 11.9 Å². The summed E-state index contributed by atoms with van der Waals surface area (Å²) in [4.78, 5) is 25.1. The van der Waals surface area contributed by atoms with Gasteiger partial charge in [0.1, 0.15) is 5.75 Å². The number of carboxylic acids is 1. The molecule has 2 heterocycles. The molecular weight excluding hydrogens is 358 g/mol. The molecule has 25 heavy (non-hydrogen) atoms. The molecule has 2 saturated heterocycles. The third-order valence-electron chi connectivity index (χ3n) is 4.73. The smallest absolute Gasteiger partial charge is 0.308 e. The van der Waals surface area contributed by atoms with Crippen LogP contribution in [0.25, 0.3) is 0 Å². The molecule has 1 aromatic rings. The van der Waals surface area contributed by atoms with Gasteiger partial charge in [0, 0.05) is 12.6 Å². The molecule has 7 heteroatoms.